The normalized spacial score (nSPS) is 11.4. The number of amides is 1. The number of carbonyl (C=O) groups excluding carboxylic acids is 1. The van der Waals surface area contributed by atoms with E-state index in [1.54, 1.807) is 0 Å². The van der Waals surface area contributed by atoms with Crippen molar-refractivity contribution in [2.45, 2.75) is 38.9 Å². The number of hydrogen-bond acceptors (Lipinski definition) is 2. The van der Waals surface area contributed by atoms with Crippen molar-refractivity contribution in [2.75, 3.05) is 0 Å². The Hall–Kier alpha value is -1.84. The van der Waals surface area contributed by atoms with Crippen LogP contribution in [-0.2, 0) is 17.9 Å². The van der Waals surface area contributed by atoms with Crippen molar-refractivity contribution in [2.24, 2.45) is 5.73 Å². The van der Waals surface area contributed by atoms with Crippen LogP contribution in [-0.4, -0.2) is 16.8 Å². The van der Waals surface area contributed by atoms with Crippen molar-refractivity contribution in [1.82, 2.24) is 4.90 Å². The fourth-order valence-corrected chi connectivity index (χ4v) is 2.49. The molecule has 0 aliphatic heterocycles. The summed E-state index contributed by atoms with van der Waals surface area (Å²) in [5.41, 5.74) is 8.29. The van der Waals surface area contributed by atoms with Gasteiger partial charge in [-0.3, -0.25) is 4.79 Å². The highest BCUT2D eigenvalue weighted by Gasteiger charge is 2.20. The van der Waals surface area contributed by atoms with Crippen LogP contribution in [0.15, 0.2) is 60.7 Å². The summed E-state index contributed by atoms with van der Waals surface area (Å²) in [7, 11) is 0. The average molecular weight is 333 g/mol. The molecule has 1 atom stereocenters. The molecule has 1 unspecified atom stereocenters. The molecular formula is C19H25ClN2O. The number of carbonyl (C=O) groups is 1. The van der Waals surface area contributed by atoms with Crippen LogP contribution in [0.3, 0.4) is 0 Å². The summed E-state index contributed by atoms with van der Waals surface area (Å²) in [4.78, 5) is 14.5. The molecule has 23 heavy (non-hydrogen) atoms. The van der Waals surface area contributed by atoms with Crippen molar-refractivity contribution in [3.05, 3.63) is 71.8 Å². The Balaban J connectivity index is 0.00000264. The van der Waals surface area contributed by atoms with Gasteiger partial charge in [0.2, 0.25) is 5.91 Å². The third kappa shape index (κ3) is 6.05. The number of rotatable bonds is 7. The van der Waals surface area contributed by atoms with Gasteiger partial charge in [-0.15, -0.1) is 12.4 Å². The molecule has 0 bridgehead atoms. The fourth-order valence-electron chi connectivity index (χ4n) is 2.49. The van der Waals surface area contributed by atoms with E-state index in [-0.39, 0.29) is 18.3 Å². The first-order chi connectivity index (χ1) is 10.7. The molecule has 3 nitrogen and oxygen atoms in total. The first-order valence-electron chi connectivity index (χ1n) is 7.83. The zero-order chi connectivity index (χ0) is 15.8. The molecule has 1 amide bonds. The largest absolute Gasteiger partial charge is 0.333 e. The van der Waals surface area contributed by atoms with Crippen LogP contribution in [0, 0.1) is 0 Å². The highest BCUT2D eigenvalue weighted by Crippen LogP contribution is 2.12. The zero-order valence-corrected chi connectivity index (χ0v) is 14.3. The van der Waals surface area contributed by atoms with Crippen molar-refractivity contribution in [1.29, 1.82) is 0 Å². The van der Waals surface area contributed by atoms with E-state index in [1.807, 2.05) is 72.5 Å². The molecule has 0 fully saturated rings. The average Bonchev–Trinajstić information content (AvgIpc) is 2.56. The van der Waals surface area contributed by atoms with Gasteiger partial charge < -0.3 is 10.6 Å². The standard InChI is InChI=1S/C19H24N2O.ClH/c1-2-9-18(20)19(22)21(14-16-10-5-3-6-11-16)15-17-12-7-4-8-13-17;/h3-8,10-13,18H,2,9,14-15,20H2,1H3;1H. The molecule has 2 rings (SSSR count). The van der Waals surface area contributed by atoms with Crippen LogP contribution in [0.2, 0.25) is 0 Å². The summed E-state index contributed by atoms with van der Waals surface area (Å²) in [5.74, 6) is 0.0227. The maximum atomic E-state index is 12.6. The van der Waals surface area contributed by atoms with Crippen molar-refractivity contribution < 1.29 is 4.79 Å². The van der Waals surface area contributed by atoms with Gasteiger partial charge in [-0.05, 0) is 17.5 Å². The Kier molecular flexibility index (Phi) is 8.38. The lowest BCUT2D eigenvalue weighted by atomic mass is 10.1. The van der Waals surface area contributed by atoms with Crippen LogP contribution in [0.5, 0.6) is 0 Å². The number of nitrogens with zero attached hydrogens (tertiary/aromatic N) is 1. The maximum absolute atomic E-state index is 12.6. The van der Waals surface area contributed by atoms with Gasteiger partial charge in [0.05, 0.1) is 6.04 Å². The second kappa shape index (κ2) is 10.0. The number of hydrogen-bond donors (Lipinski definition) is 1. The first kappa shape index (κ1) is 19.2. The van der Waals surface area contributed by atoms with Gasteiger partial charge in [0.15, 0.2) is 0 Å². The highest BCUT2D eigenvalue weighted by molar-refractivity contribution is 5.85. The Morgan fingerprint density at radius 1 is 0.957 bits per heavy atom. The summed E-state index contributed by atoms with van der Waals surface area (Å²) in [5, 5.41) is 0. The molecule has 2 aromatic carbocycles. The van der Waals surface area contributed by atoms with E-state index in [9.17, 15) is 4.79 Å². The van der Waals surface area contributed by atoms with Crippen molar-refractivity contribution in [3.8, 4) is 0 Å². The minimum Gasteiger partial charge on any atom is -0.333 e. The van der Waals surface area contributed by atoms with Crippen molar-refractivity contribution >= 4 is 18.3 Å². The monoisotopic (exact) mass is 332 g/mol. The van der Waals surface area contributed by atoms with Gasteiger partial charge in [0, 0.05) is 13.1 Å². The van der Waals surface area contributed by atoms with E-state index in [2.05, 4.69) is 0 Å². The minimum atomic E-state index is -0.419. The second-order valence-electron chi connectivity index (χ2n) is 5.56. The molecule has 4 heteroatoms. The van der Waals surface area contributed by atoms with E-state index < -0.39 is 6.04 Å². The molecule has 2 aromatic rings. The molecule has 0 aliphatic rings. The second-order valence-corrected chi connectivity index (χ2v) is 5.56. The molecular weight excluding hydrogens is 308 g/mol. The van der Waals surface area contributed by atoms with Crippen LogP contribution in [0.4, 0.5) is 0 Å². The molecule has 0 saturated carbocycles. The topological polar surface area (TPSA) is 46.3 Å². The SMILES string of the molecule is CCCC(N)C(=O)N(Cc1ccccc1)Cc1ccccc1.Cl. The molecule has 2 N–H and O–H groups in total. The van der Waals surface area contributed by atoms with Crippen molar-refractivity contribution in [3.63, 3.8) is 0 Å². The minimum absolute atomic E-state index is 0. The van der Waals surface area contributed by atoms with Gasteiger partial charge in [0.1, 0.15) is 0 Å². The lowest BCUT2D eigenvalue weighted by Crippen LogP contribution is -2.43. The van der Waals surface area contributed by atoms with E-state index in [0.29, 0.717) is 13.1 Å². The number of nitrogens with two attached hydrogens (primary N) is 1. The van der Waals surface area contributed by atoms with Crippen LogP contribution in [0.1, 0.15) is 30.9 Å². The predicted molar refractivity (Wildman–Crippen MR) is 97.3 cm³/mol. The summed E-state index contributed by atoms with van der Waals surface area (Å²) < 4.78 is 0. The van der Waals surface area contributed by atoms with Gasteiger partial charge in [0.25, 0.3) is 0 Å². The molecule has 0 aromatic heterocycles. The van der Waals surface area contributed by atoms with Gasteiger partial charge in [-0.2, -0.15) is 0 Å². The third-order valence-corrected chi connectivity index (χ3v) is 3.66. The number of halogens is 1. The summed E-state index contributed by atoms with van der Waals surface area (Å²) in [6.45, 7) is 3.23. The summed E-state index contributed by atoms with van der Waals surface area (Å²) in [6.07, 6.45) is 1.64. The number of benzene rings is 2. The lowest BCUT2D eigenvalue weighted by Gasteiger charge is -2.26. The Morgan fingerprint density at radius 2 is 1.39 bits per heavy atom. The van der Waals surface area contributed by atoms with E-state index in [4.69, 9.17) is 5.73 Å². The summed E-state index contributed by atoms with van der Waals surface area (Å²) >= 11 is 0. The Morgan fingerprint density at radius 3 is 1.78 bits per heavy atom. The highest BCUT2D eigenvalue weighted by atomic mass is 35.5. The molecule has 124 valence electrons. The Bertz CT molecular complexity index is 533. The van der Waals surface area contributed by atoms with Gasteiger partial charge in [-0.1, -0.05) is 74.0 Å². The van der Waals surface area contributed by atoms with Gasteiger partial charge >= 0.3 is 0 Å². The maximum Gasteiger partial charge on any atom is 0.240 e. The predicted octanol–water partition coefficient (Wildman–Crippen LogP) is 3.76. The lowest BCUT2D eigenvalue weighted by molar-refractivity contribution is -0.134. The van der Waals surface area contributed by atoms with Gasteiger partial charge in [-0.25, -0.2) is 0 Å². The molecule has 0 heterocycles. The van der Waals surface area contributed by atoms with Crippen LogP contribution in [0.25, 0.3) is 0 Å². The van der Waals surface area contributed by atoms with E-state index in [0.717, 1.165) is 24.0 Å². The first-order valence-corrected chi connectivity index (χ1v) is 7.83. The molecule has 0 spiro atoms. The van der Waals surface area contributed by atoms with Crippen LogP contribution < -0.4 is 5.73 Å². The fraction of sp³-hybridized carbons (Fsp3) is 0.316. The zero-order valence-electron chi connectivity index (χ0n) is 13.5. The third-order valence-electron chi connectivity index (χ3n) is 3.66. The Labute approximate surface area is 144 Å². The van der Waals surface area contributed by atoms with Crippen LogP contribution >= 0.6 is 12.4 Å². The smallest absolute Gasteiger partial charge is 0.240 e. The molecule has 0 radical (unpaired) electrons. The quantitative estimate of drug-likeness (QED) is 0.839. The van der Waals surface area contributed by atoms with E-state index in [1.165, 1.54) is 0 Å². The summed E-state index contributed by atoms with van der Waals surface area (Å²) in [6, 6.07) is 19.7. The van der Waals surface area contributed by atoms with E-state index >= 15 is 0 Å². The molecule has 0 aliphatic carbocycles. The molecule has 0 saturated heterocycles.